The predicted molar refractivity (Wildman–Crippen MR) is 72.1 cm³/mol. The van der Waals surface area contributed by atoms with Gasteiger partial charge >= 0.3 is 16.4 Å². The van der Waals surface area contributed by atoms with Crippen LogP contribution in [0.25, 0.3) is 0 Å². The van der Waals surface area contributed by atoms with Gasteiger partial charge < -0.3 is 4.74 Å². The second-order valence-electron chi connectivity index (χ2n) is 5.44. The average molecular weight is 299 g/mol. The predicted octanol–water partition coefficient (Wildman–Crippen LogP) is 2.24. The summed E-state index contributed by atoms with van der Waals surface area (Å²) in [6.45, 7) is 4.91. The van der Waals surface area contributed by atoms with E-state index in [1.54, 1.807) is 45.0 Å². The molecule has 1 aromatic carbocycles. The van der Waals surface area contributed by atoms with Gasteiger partial charge in [-0.15, -0.1) is 0 Å². The number of nitrogens with zero attached hydrogens (tertiary/aromatic N) is 1. The van der Waals surface area contributed by atoms with Crippen molar-refractivity contribution in [3.8, 4) is 0 Å². The van der Waals surface area contributed by atoms with Crippen LogP contribution in [0.15, 0.2) is 30.3 Å². The Labute approximate surface area is 118 Å². The maximum absolute atomic E-state index is 12.1. The van der Waals surface area contributed by atoms with Gasteiger partial charge in [-0.3, -0.25) is 4.18 Å². The average Bonchev–Trinajstić information content (AvgIpc) is 2.64. The van der Waals surface area contributed by atoms with Crippen LogP contribution in [0.1, 0.15) is 32.4 Å². The Morgan fingerprint density at radius 1 is 1.30 bits per heavy atom. The molecule has 1 aliphatic rings. The van der Waals surface area contributed by atoms with Crippen molar-refractivity contribution in [2.75, 3.05) is 6.61 Å². The molecule has 1 aromatic rings. The van der Waals surface area contributed by atoms with Crippen LogP contribution in [0, 0.1) is 0 Å². The Kier molecular flexibility index (Phi) is 3.75. The van der Waals surface area contributed by atoms with E-state index in [2.05, 4.69) is 0 Å². The van der Waals surface area contributed by atoms with Crippen molar-refractivity contribution < 1.29 is 22.1 Å². The van der Waals surface area contributed by atoms with Crippen LogP contribution in [0.2, 0.25) is 0 Å². The Hall–Kier alpha value is -1.60. The van der Waals surface area contributed by atoms with Crippen molar-refractivity contribution >= 4 is 16.4 Å². The van der Waals surface area contributed by atoms with Crippen molar-refractivity contribution in [1.82, 2.24) is 4.31 Å². The van der Waals surface area contributed by atoms with Gasteiger partial charge in [0.25, 0.3) is 0 Å². The third-order valence-corrected chi connectivity index (χ3v) is 3.98. The van der Waals surface area contributed by atoms with E-state index in [-0.39, 0.29) is 6.61 Å². The molecule has 0 N–H and O–H groups in total. The van der Waals surface area contributed by atoms with Crippen LogP contribution in [0.5, 0.6) is 0 Å². The van der Waals surface area contributed by atoms with Gasteiger partial charge in [0.1, 0.15) is 11.6 Å². The summed E-state index contributed by atoms with van der Waals surface area (Å²) in [6.07, 6.45) is -0.927. The second kappa shape index (κ2) is 5.06. The zero-order chi connectivity index (χ0) is 15.0. The molecule has 0 bridgehead atoms. The number of carbonyl (C=O) groups excluding carboxylic acids is 1. The fraction of sp³-hybridized carbons (Fsp3) is 0.462. The molecule has 6 nitrogen and oxygen atoms in total. The molecule has 2 rings (SSSR count). The quantitative estimate of drug-likeness (QED) is 0.795. The van der Waals surface area contributed by atoms with Crippen molar-refractivity contribution in [3.63, 3.8) is 0 Å². The fourth-order valence-electron chi connectivity index (χ4n) is 1.86. The number of ether oxygens (including phenoxy) is 1. The van der Waals surface area contributed by atoms with Crippen molar-refractivity contribution in [2.24, 2.45) is 0 Å². The van der Waals surface area contributed by atoms with Crippen molar-refractivity contribution in [3.05, 3.63) is 35.9 Å². The zero-order valence-corrected chi connectivity index (χ0v) is 12.4. The molecule has 0 aromatic heterocycles. The van der Waals surface area contributed by atoms with Crippen molar-refractivity contribution in [1.29, 1.82) is 0 Å². The van der Waals surface area contributed by atoms with Crippen LogP contribution in [-0.4, -0.2) is 31.0 Å². The highest BCUT2D eigenvalue weighted by Crippen LogP contribution is 2.32. The molecule has 20 heavy (non-hydrogen) atoms. The summed E-state index contributed by atoms with van der Waals surface area (Å²) in [6, 6.07) is 8.14. The van der Waals surface area contributed by atoms with Crippen LogP contribution < -0.4 is 0 Å². The number of benzene rings is 1. The highest BCUT2D eigenvalue weighted by molar-refractivity contribution is 7.85. The third-order valence-electron chi connectivity index (χ3n) is 2.66. The van der Waals surface area contributed by atoms with E-state index in [0.29, 0.717) is 9.87 Å². The molecule has 1 fully saturated rings. The molecule has 1 atom stereocenters. The van der Waals surface area contributed by atoms with E-state index in [4.69, 9.17) is 8.92 Å². The van der Waals surface area contributed by atoms with Gasteiger partial charge in [-0.25, -0.2) is 4.79 Å². The Bertz CT molecular complexity index is 591. The molecule has 7 heteroatoms. The normalized spacial score (nSPS) is 21.8. The maximum Gasteiger partial charge on any atom is 0.426 e. The molecule has 110 valence electrons. The highest BCUT2D eigenvalue weighted by Gasteiger charge is 2.45. The standard InChI is InChI=1S/C13H17NO5S/c1-13(2,3)19-12(15)14-11(9-18-20(14,16)17)10-7-5-4-6-8-10/h4-8,11H,9H2,1-3H3/t11-/m1/s1. The topological polar surface area (TPSA) is 72.9 Å². The van der Waals surface area contributed by atoms with Crippen LogP contribution in [-0.2, 0) is 19.2 Å². The Morgan fingerprint density at radius 2 is 1.90 bits per heavy atom. The minimum absolute atomic E-state index is 0.106. The first-order valence-corrected chi connectivity index (χ1v) is 7.54. The monoisotopic (exact) mass is 299 g/mol. The van der Waals surface area contributed by atoms with E-state index >= 15 is 0 Å². The summed E-state index contributed by atoms with van der Waals surface area (Å²) >= 11 is 0. The van der Waals surface area contributed by atoms with Crippen molar-refractivity contribution in [2.45, 2.75) is 32.4 Å². The third kappa shape index (κ3) is 3.10. The van der Waals surface area contributed by atoms with Gasteiger partial charge in [0, 0.05) is 0 Å². The largest absolute Gasteiger partial charge is 0.443 e. The molecule has 0 spiro atoms. The minimum atomic E-state index is -4.10. The van der Waals surface area contributed by atoms with Gasteiger partial charge in [-0.1, -0.05) is 30.3 Å². The van der Waals surface area contributed by atoms with Crippen LogP contribution >= 0.6 is 0 Å². The lowest BCUT2D eigenvalue weighted by Gasteiger charge is -2.26. The molecule has 0 radical (unpaired) electrons. The number of hydrogen-bond acceptors (Lipinski definition) is 5. The summed E-state index contributed by atoms with van der Waals surface area (Å²) in [5, 5.41) is 0. The Balaban J connectivity index is 2.32. The SMILES string of the molecule is CC(C)(C)OC(=O)N1[C@@H](c2ccccc2)COS1(=O)=O. The lowest BCUT2D eigenvalue weighted by molar-refractivity contribution is 0.0356. The molecule has 1 amide bonds. The van der Waals surface area contributed by atoms with Crippen LogP contribution in [0.4, 0.5) is 4.79 Å². The molecule has 0 unspecified atom stereocenters. The van der Waals surface area contributed by atoms with E-state index in [1.165, 1.54) is 0 Å². The summed E-state index contributed by atoms with van der Waals surface area (Å²) in [7, 11) is -4.10. The number of amides is 1. The molecule has 0 aliphatic carbocycles. The smallest absolute Gasteiger partial charge is 0.426 e. The number of hydrogen-bond donors (Lipinski definition) is 0. The highest BCUT2D eigenvalue weighted by atomic mass is 32.2. The first kappa shape index (κ1) is 14.8. The molecule has 0 saturated carbocycles. The first-order valence-electron chi connectivity index (χ1n) is 6.17. The van der Waals surface area contributed by atoms with E-state index in [9.17, 15) is 13.2 Å². The fourth-order valence-corrected chi connectivity index (χ4v) is 2.99. The molecule has 1 aliphatic heterocycles. The summed E-state index contributed by atoms with van der Waals surface area (Å²) in [5.41, 5.74) is -0.101. The van der Waals surface area contributed by atoms with E-state index in [1.807, 2.05) is 6.07 Å². The lowest BCUT2D eigenvalue weighted by Crippen LogP contribution is -2.39. The summed E-state index contributed by atoms with van der Waals surface area (Å²) < 4.78 is 34.3. The molecule has 1 heterocycles. The van der Waals surface area contributed by atoms with Gasteiger partial charge in [0.15, 0.2) is 0 Å². The van der Waals surface area contributed by atoms with E-state index in [0.717, 1.165) is 0 Å². The van der Waals surface area contributed by atoms with Crippen LogP contribution in [0.3, 0.4) is 0 Å². The van der Waals surface area contributed by atoms with Gasteiger partial charge in [-0.2, -0.15) is 12.7 Å². The molecular formula is C13H17NO5S. The Morgan fingerprint density at radius 3 is 2.45 bits per heavy atom. The summed E-state index contributed by atoms with van der Waals surface area (Å²) in [4.78, 5) is 12.1. The van der Waals surface area contributed by atoms with Gasteiger partial charge in [-0.05, 0) is 26.3 Å². The van der Waals surface area contributed by atoms with E-state index < -0.39 is 28.0 Å². The first-order chi connectivity index (χ1) is 9.21. The molecule has 1 saturated heterocycles. The number of rotatable bonds is 1. The lowest BCUT2D eigenvalue weighted by atomic mass is 10.1. The summed E-state index contributed by atoms with van der Waals surface area (Å²) in [5.74, 6) is 0. The van der Waals surface area contributed by atoms with Gasteiger partial charge in [0.2, 0.25) is 0 Å². The molecular weight excluding hydrogens is 282 g/mol. The zero-order valence-electron chi connectivity index (χ0n) is 11.6. The van der Waals surface area contributed by atoms with Gasteiger partial charge in [0.05, 0.1) is 6.61 Å². The maximum atomic E-state index is 12.1. The minimum Gasteiger partial charge on any atom is -0.443 e. The number of carbonyl (C=O) groups is 1. The second-order valence-corrected chi connectivity index (χ2v) is 6.93.